The van der Waals surface area contributed by atoms with Gasteiger partial charge < -0.3 is 24.2 Å². The van der Waals surface area contributed by atoms with Crippen molar-refractivity contribution in [2.45, 2.75) is 26.3 Å². The molecule has 4 aromatic rings. The van der Waals surface area contributed by atoms with Crippen LogP contribution in [0.5, 0.6) is 0 Å². The SMILES string of the molecule is Cc1nc2c(-c3ccc(N4CCN(C)CC4)cc3)nc3cccc(F)c3c2n1CCCCN1CCN(C)CC1. The molecular formula is C31H40FN7. The van der Waals surface area contributed by atoms with Gasteiger partial charge in [-0.25, -0.2) is 14.4 Å². The first-order valence-electron chi connectivity index (χ1n) is 14.4. The van der Waals surface area contributed by atoms with Gasteiger partial charge in [0.2, 0.25) is 0 Å². The molecule has 2 fully saturated rings. The van der Waals surface area contributed by atoms with Crippen LogP contribution >= 0.6 is 0 Å². The van der Waals surface area contributed by atoms with Crippen molar-refractivity contribution >= 4 is 27.6 Å². The summed E-state index contributed by atoms with van der Waals surface area (Å²) in [5, 5.41) is 0.574. The maximum Gasteiger partial charge on any atom is 0.134 e. The van der Waals surface area contributed by atoms with Crippen LogP contribution in [0.1, 0.15) is 18.7 Å². The smallest absolute Gasteiger partial charge is 0.134 e. The van der Waals surface area contributed by atoms with Gasteiger partial charge in [-0.3, -0.25) is 0 Å². The molecule has 2 aromatic heterocycles. The van der Waals surface area contributed by atoms with Crippen LogP contribution in [0.15, 0.2) is 42.5 Å². The van der Waals surface area contributed by atoms with Crippen molar-refractivity contribution < 1.29 is 4.39 Å². The molecule has 206 valence electrons. The van der Waals surface area contributed by atoms with Crippen LogP contribution < -0.4 is 4.90 Å². The number of piperazine rings is 2. The summed E-state index contributed by atoms with van der Waals surface area (Å²) in [6, 6.07) is 13.9. The molecule has 0 radical (unpaired) electrons. The second-order valence-corrected chi connectivity index (χ2v) is 11.3. The fourth-order valence-electron chi connectivity index (χ4n) is 6.04. The van der Waals surface area contributed by atoms with Crippen LogP contribution in [0, 0.1) is 12.7 Å². The molecule has 2 aliphatic rings. The average Bonchev–Trinajstić information content (AvgIpc) is 3.28. The number of anilines is 1. The lowest BCUT2D eigenvalue weighted by atomic mass is 10.1. The Kier molecular flexibility index (Phi) is 7.51. The first-order chi connectivity index (χ1) is 19.0. The number of rotatable bonds is 7. The Morgan fingerprint density at radius 3 is 2.15 bits per heavy atom. The van der Waals surface area contributed by atoms with E-state index in [4.69, 9.17) is 9.97 Å². The van der Waals surface area contributed by atoms with Gasteiger partial charge in [0.25, 0.3) is 0 Å². The number of halogens is 1. The molecule has 0 spiro atoms. The maximum atomic E-state index is 15.3. The second kappa shape index (κ2) is 11.2. The number of likely N-dealkylation sites (N-methyl/N-ethyl adjacent to an activating group) is 2. The molecule has 0 bridgehead atoms. The maximum absolute atomic E-state index is 15.3. The monoisotopic (exact) mass is 529 g/mol. The summed E-state index contributed by atoms with van der Waals surface area (Å²) >= 11 is 0. The minimum absolute atomic E-state index is 0.236. The van der Waals surface area contributed by atoms with Crippen LogP contribution in [0.4, 0.5) is 10.1 Å². The molecule has 2 aliphatic heterocycles. The second-order valence-electron chi connectivity index (χ2n) is 11.3. The number of pyridine rings is 1. The van der Waals surface area contributed by atoms with Crippen molar-refractivity contribution in [2.24, 2.45) is 0 Å². The summed E-state index contributed by atoms with van der Waals surface area (Å²) in [7, 11) is 4.37. The largest absolute Gasteiger partial charge is 0.369 e. The first kappa shape index (κ1) is 26.2. The molecule has 7 nitrogen and oxygen atoms in total. The highest BCUT2D eigenvalue weighted by Crippen LogP contribution is 2.35. The zero-order valence-corrected chi connectivity index (χ0v) is 23.5. The van der Waals surface area contributed by atoms with Crippen LogP contribution in [0.25, 0.3) is 33.2 Å². The highest BCUT2D eigenvalue weighted by atomic mass is 19.1. The number of aromatic nitrogens is 3. The Bertz CT molecular complexity index is 1430. The highest BCUT2D eigenvalue weighted by molar-refractivity contribution is 6.08. The molecule has 0 saturated carbocycles. The number of nitrogens with zero attached hydrogens (tertiary/aromatic N) is 7. The zero-order chi connectivity index (χ0) is 26.9. The van der Waals surface area contributed by atoms with E-state index in [1.54, 1.807) is 6.07 Å². The molecule has 0 amide bonds. The predicted octanol–water partition coefficient (Wildman–Crippen LogP) is 4.48. The lowest BCUT2D eigenvalue weighted by molar-refractivity contribution is 0.151. The normalized spacial score (nSPS) is 18.0. The van der Waals surface area contributed by atoms with Crippen molar-refractivity contribution in [1.82, 2.24) is 29.2 Å². The van der Waals surface area contributed by atoms with Gasteiger partial charge in [0, 0.05) is 70.2 Å². The van der Waals surface area contributed by atoms with Crippen molar-refractivity contribution in [2.75, 3.05) is 77.9 Å². The van der Waals surface area contributed by atoms with Crippen LogP contribution in [-0.4, -0.2) is 102 Å². The topological polar surface area (TPSA) is 43.7 Å². The Morgan fingerprint density at radius 1 is 0.769 bits per heavy atom. The van der Waals surface area contributed by atoms with Gasteiger partial charge in [0.1, 0.15) is 17.2 Å². The molecule has 0 aliphatic carbocycles. The standard InChI is InChI=1S/C31H40FN7/c1-23-33-30-29(24-9-11-25(12-10-24)38-21-17-36(3)18-22-38)34-27-8-6-7-26(32)28(27)31(30)39(23)14-5-4-13-37-19-15-35(2)16-20-37/h6-12H,4-5,13-22H2,1-3H3. The summed E-state index contributed by atoms with van der Waals surface area (Å²) in [5.74, 6) is 0.679. The van der Waals surface area contributed by atoms with Crippen molar-refractivity contribution in [1.29, 1.82) is 0 Å². The fourth-order valence-corrected chi connectivity index (χ4v) is 6.04. The number of hydrogen-bond donors (Lipinski definition) is 0. The van der Waals surface area contributed by atoms with E-state index in [2.05, 4.69) is 62.5 Å². The molecule has 6 rings (SSSR count). The molecule has 0 unspecified atom stereocenters. The van der Waals surface area contributed by atoms with Gasteiger partial charge in [-0.15, -0.1) is 0 Å². The number of benzene rings is 2. The quantitative estimate of drug-likeness (QED) is 0.329. The molecule has 0 atom stereocenters. The van der Waals surface area contributed by atoms with Gasteiger partial charge >= 0.3 is 0 Å². The third-order valence-corrected chi connectivity index (χ3v) is 8.55. The molecule has 8 heteroatoms. The van der Waals surface area contributed by atoms with Crippen molar-refractivity contribution in [3.05, 3.63) is 54.1 Å². The predicted molar refractivity (Wildman–Crippen MR) is 158 cm³/mol. The third-order valence-electron chi connectivity index (χ3n) is 8.55. The van der Waals surface area contributed by atoms with Crippen molar-refractivity contribution in [3.63, 3.8) is 0 Å². The van der Waals surface area contributed by atoms with E-state index in [0.717, 1.165) is 106 Å². The zero-order valence-electron chi connectivity index (χ0n) is 23.5. The summed E-state index contributed by atoms with van der Waals surface area (Å²) in [6.45, 7) is 12.8. The molecule has 2 aromatic carbocycles. The van der Waals surface area contributed by atoms with Gasteiger partial charge in [-0.05, 0) is 64.7 Å². The van der Waals surface area contributed by atoms with E-state index in [9.17, 15) is 0 Å². The molecular weight excluding hydrogens is 489 g/mol. The molecule has 2 saturated heterocycles. The third kappa shape index (κ3) is 5.38. The van der Waals surface area contributed by atoms with E-state index >= 15 is 4.39 Å². The number of fused-ring (bicyclic) bond motifs is 3. The van der Waals surface area contributed by atoms with Gasteiger partial charge in [-0.2, -0.15) is 0 Å². The Morgan fingerprint density at radius 2 is 1.44 bits per heavy atom. The molecule has 0 N–H and O–H groups in total. The minimum Gasteiger partial charge on any atom is -0.369 e. The van der Waals surface area contributed by atoms with Gasteiger partial charge in [-0.1, -0.05) is 18.2 Å². The molecule has 4 heterocycles. The van der Waals surface area contributed by atoms with E-state index in [-0.39, 0.29) is 5.82 Å². The summed E-state index contributed by atoms with van der Waals surface area (Å²) in [6.07, 6.45) is 2.15. The van der Waals surface area contributed by atoms with Crippen LogP contribution in [0.3, 0.4) is 0 Å². The first-order valence-corrected chi connectivity index (χ1v) is 14.4. The number of hydrogen-bond acceptors (Lipinski definition) is 6. The average molecular weight is 530 g/mol. The number of imidazole rings is 1. The van der Waals surface area contributed by atoms with E-state index in [1.165, 1.54) is 11.8 Å². The highest BCUT2D eigenvalue weighted by Gasteiger charge is 2.21. The van der Waals surface area contributed by atoms with Gasteiger partial charge in [0.15, 0.2) is 0 Å². The summed E-state index contributed by atoms with van der Waals surface area (Å²) in [4.78, 5) is 19.7. The van der Waals surface area contributed by atoms with Crippen molar-refractivity contribution in [3.8, 4) is 11.3 Å². The van der Waals surface area contributed by atoms with E-state index < -0.39 is 0 Å². The molecule has 39 heavy (non-hydrogen) atoms. The lowest BCUT2D eigenvalue weighted by Gasteiger charge is -2.34. The van der Waals surface area contributed by atoms with Crippen LogP contribution in [0.2, 0.25) is 0 Å². The fraction of sp³-hybridized carbons (Fsp3) is 0.484. The lowest BCUT2D eigenvalue weighted by Crippen LogP contribution is -2.44. The Hall–Kier alpha value is -3.07. The number of aryl methyl sites for hydroxylation is 2. The summed E-state index contributed by atoms with van der Waals surface area (Å²) in [5.41, 5.74) is 5.41. The minimum atomic E-state index is -0.236. The number of unbranched alkanes of at least 4 members (excludes halogenated alkanes) is 1. The Labute approximate surface area is 230 Å². The van der Waals surface area contributed by atoms with Crippen LogP contribution in [-0.2, 0) is 6.54 Å². The van der Waals surface area contributed by atoms with Gasteiger partial charge in [0.05, 0.1) is 22.1 Å². The summed E-state index contributed by atoms with van der Waals surface area (Å²) < 4.78 is 17.5. The van der Waals surface area contributed by atoms with E-state index in [0.29, 0.717) is 10.9 Å². The Balaban J connectivity index is 1.30. The van der Waals surface area contributed by atoms with E-state index in [1.807, 2.05) is 13.0 Å².